The number of hydrogen-bond donors (Lipinski definition) is 0. The van der Waals surface area contributed by atoms with E-state index in [9.17, 15) is 9.59 Å². The summed E-state index contributed by atoms with van der Waals surface area (Å²) in [6, 6.07) is 18.1. The molecule has 1 heterocycles. The van der Waals surface area contributed by atoms with Gasteiger partial charge in [-0.3, -0.25) is 14.5 Å². The number of carbonyl (C=O) groups is 2. The summed E-state index contributed by atoms with van der Waals surface area (Å²) in [6.07, 6.45) is 0. The Bertz CT molecular complexity index is 889. The van der Waals surface area contributed by atoms with E-state index in [1.165, 1.54) is 23.8 Å². The molecule has 0 aliphatic carbocycles. The summed E-state index contributed by atoms with van der Waals surface area (Å²) in [5.41, 5.74) is 4.04. The summed E-state index contributed by atoms with van der Waals surface area (Å²) in [7, 11) is 1.29. The maximum Gasteiger partial charge on any atom is 0.325 e. The number of ether oxygens (including phenoxy) is 1. The monoisotopic (exact) mass is 383 g/mol. The van der Waals surface area contributed by atoms with E-state index in [-0.39, 0.29) is 12.5 Å². The first kappa shape index (κ1) is 18.4. The summed E-state index contributed by atoms with van der Waals surface area (Å²) in [4.78, 5) is 25.9. The molecule has 26 heavy (non-hydrogen) atoms. The minimum absolute atomic E-state index is 0.162. The number of allylic oxidation sites excluding steroid dienone is 1. The van der Waals surface area contributed by atoms with E-state index in [4.69, 9.17) is 12.2 Å². The van der Waals surface area contributed by atoms with E-state index in [1.54, 1.807) is 0 Å². The maximum atomic E-state index is 12.6. The highest BCUT2D eigenvalue weighted by Crippen LogP contribution is 2.36. The number of hydrogen-bond acceptors (Lipinski definition) is 5. The molecule has 0 spiro atoms. The predicted molar refractivity (Wildman–Crippen MR) is 108 cm³/mol. The second-order valence-electron chi connectivity index (χ2n) is 5.73. The van der Waals surface area contributed by atoms with Crippen LogP contribution in [-0.4, -0.2) is 34.8 Å². The Labute approximate surface area is 161 Å². The van der Waals surface area contributed by atoms with Gasteiger partial charge in [-0.1, -0.05) is 78.6 Å². The SMILES string of the molecule is COC(=O)CN1C(=O)/C(=C(\C)c2ccc(-c3ccccc3)cc2)SC1=S. The van der Waals surface area contributed by atoms with E-state index in [1.807, 2.05) is 49.4 Å². The highest BCUT2D eigenvalue weighted by Gasteiger charge is 2.35. The molecule has 2 aromatic carbocycles. The van der Waals surface area contributed by atoms with Crippen molar-refractivity contribution < 1.29 is 14.3 Å². The fourth-order valence-corrected chi connectivity index (χ4v) is 3.93. The highest BCUT2D eigenvalue weighted by atomic mass is 32.2. The molecule has 0 unspecified atom stereocenters. The average Bonchev–Trinajstić information content (AvgIpc) is 2.96. The largest absolute Gasteiger partial charge is 0.468 e. The third-order valence-electron chi connectivity index (χ3n) is 4.13. The Morgan fingerprint density at radius 3 is 2.31 bits per heavy atom. The second-order valence-corrected chi connectivity index (χ2v) is 7.38. The summed E-state index contributed by atoms with van der Waals surface area (Å²) in [5.74, 6) is -0.748. The molecule has 1 aliphatic heterocycles. The number of rotatable bonds is 4. The molecule has 1 fully saturated rings. The van der Waals surface area contributed by atoms with Crippen molar-refractivity contribution in [3.05, 3.63) is 65.1 Å². The van der Waals surface area contributed by atoms with Crippen molar-refractivity contribution in [2.75, 3.05) is 13.7 Å². The van der Waals surface area contributed by atoms with Crippen LogP contribution in [0.5, 0.6) is 0 Å². The van der Waals surface area contributed by atoms with Crippen LogP contribution in [0.1, 0.15) is 12.5 Å². The normalized spacial score (nSPS) is 16.0. The molecule has 0 N–H and O–H groups in total. The van der Waals surface area contributed by atoms with Gasteiger partial charge in [0, 0.05) is 0 Å². The lowest BCUT2D eigenvalue weighted by molar-refractivity contribution is -0.143. The lowest BCUT2D eigenvalue weighted by Crippen LogP contribution is -2.34. The zero-order valence-electron chi connectivity index (χ0n) is 14.4. The van der Waals surface area contributed by atoms with Gasteiger partial charge in [-0.2, -0.15) is 0 Å². The van der Waals surface area contributed by atoms with Gasteiger partial charge in [-0.15, -0.1) is 0 Å². The van der Waals surface area contributed by atoms with E-state index >= 15 is 0 Å². The van der Waals surface area contributed by atoms with Gasteiger partial charge < -0.3 is 4.74 Å². The summed E-state index contributed by atoms with van der Waals surface area (Å²) in [5, 5.41) is 0. The first-order valence-corrected chi connectivity index (χ1v) is 9.21. The van der Waals surface area contributed by atoms with Crippen LogP contribution >= 0.6 is 24.0 Å². The molecule has 3 rings (SSSR count). The van der Waals surface area contributed by atoms with E-state index in [0.29, 0.717) is 9.23 Å². The number of carbonyl (C=O) groups excluding carboxylic acids is 2. The van der Waals surface area contributed by atoms with Gasteiger partial charge in [0.2, 0.25) is 0 Å². The number of esters is 1. The van der Waals surface area contributed by atoms with E-state index < -0.39 is 5.97 Å². The maximum absolute atomic E-state index is 12.6. The minimum atomic E-state index is -0.493. The van der Waals surface area contributed by atoms with Crippen LogP contribution in [0.3, 0.4) is 0 Å². The molecule has 0 radical (unpaired) electrons. The number of benzene rings is 2. The van der Waals surface area contributed by atoms with Gasteiger partial charge >= 0.3 is 5.97 Å². The molecule has 0 atom stereocenters. The van der Waals surface area contributed by atoms with E-state index in [2.05, 4.69) is 16.9 Å². The lowest BCUT2D eigenvalue weighted by atomic mass is 10.0. The van der Waals surface area contributed by atoms with Crippen LogP contribution in [0.15, 0.2) is 59.5 Å². The van der Waals surface area contributed by atoms with Gasteiger partial charge in [0.1, 0.15) is 10.9 Å². The molecule has 1 aliphatic rings. The fourth-order valence-electron chi connectivity index (χ4n) is 2.63. The quantitative estimate of drug-likeness (QED) is 0.452. The molecule has 0 aromatic heterocycles. The number of thioether (sulfide) groups is 1. The summed E-state index contributed by atoms with van der Waals surface area (Å²) < 4.78 is 5.00. The van der Waals surface area contributed by atoms with Crippen LogP contribution < -0.4 is 0 Å². The van der Waals surface area contributed by atoms with Crippen LogP contribution in [0.4, 0.5) is 0 Å². The van der Waals surface area contributed by atoms with Crippen molar-refractivity contribution in [3.63, 3.8) is 0 Å². The molecule has 0 saturated carbocycles. The zero-order chi connectivity index (χ0) is 18.7. The molecule has 4 nitrogen and oxygen atoms in total. The minimum Gasteiger partial charge on any atom is -0.468 e. The number of methoxy groups -OCH3 is 1. The Morgan fingerprint density at radius 1 is 1.08 bits per heavy atom. The molecule has 2 aromatic rings. The Morgan fingerprint density at radius 2 is 1.69 bits per heavy atom. The summed E-state index contributed by atoms with van der Waals surface area (Å²) >= 11 is 6.46. The van der Waals surface area contributed by atoms with Gasteiger partial charge in [0.15, 0.2) is 0 Å². The van der Waals surface area contributed by atoms with Crippen molar-refractivity contribution in [1.29, 1.82) is 0 Å². The van der Waals surface area contributed by atoms with Crippen molar-refractivity contribution in [3.8, 4) is 11.1 Å². The summed E-state index contributed by atoms with van der Waals surface area (Å²) in [6.45, 7) is 1.73. The molecule has 1 saturated heterocycles. The van der Waals surface area contributed by atoms with Gasteiger partial charge in [0.25, 0.3) is 5.91 Å². The van der Waals surface area contributed by atoms with Crippen molar-refractivity contribution in [2.45, 2.75) is 6.92 Å². The number of amides is 1. The number of thiocarbonyl (C=S) groups is 1. The van der Waals surface area contributed by atoms with Gasteiger partial charge in [-0.25, -0.2) is 0 Å². The van der Waals surface area contributed by atoms with Crippen LogP contribution in [0, 0.1) is 0 Å². The van der Waals surface area contributed by atoms with Crippen molar-refractivity contribution >= 4 is 45.7 Å². The Balaban J connectivity index is 1.86. The topological polar surface area (TPSA) is 46.6 Å². The smallest absolute Gasteiger partial charge is 0.325 e. The first-order valence-electron chi connectivity index (χ1n) is 7.98. The van der Waals surface area contributed by atoms with Crippen molar-refractivity contribution in [1.82, 2.24) is 4.90 Å². The van der Waals surface area contributed by atoms with Gasteiger partial charge in [0.05, 0.1) is 12.0 Å². The first-order chi connectivity index (χ1) is 12.5. The van der Waals surface area contributed by atoms with Crippen molar-refractivity contribution in [2.24, 2.45) is 0 Å². The van der Waals surface area contributed by atoms with Crippen LogP contribution in [0.2, 0.25) is 0 Å². The second kappa shape index (κ2) is 7.85. The predicted octanol–water partition coefficient (Wildman–Crippen LogP) is 4.12. The fraction of sp³-hybridized carbons (Fsp3) is 0.150. The standard InChI is InChI=1S/C20H17NO3S2/c1-13(18-19(23)21(20(25)26-18)12-17(22)24-2)14-8-10-16(11-9-14)15-6-4-3-5-7-15/h3-11H,12H2,1-2H3/b18-13-. The highest BCUT2D eigenvalue weighted by molar-refractivity contribution is 8.26. The van der Waals surface area contributed by atoms with Crippen LogP contribution in [-0.2, 0) is 14.3 Å². The molecule has 132 valence electrons. The molecule has 1 amide bonds. The molecular weight excluding hydrogens is 366 g/mol. The Hall–Kier alpha value is -2.44. The van der Waals surface area contributed by atoms with E-state index in [0.717, 1.165) is 22.3 Å². The van der Waals surface area contributed by atoms with Crippen LogP contribution in [0.25, 0.3) is 16.7 Å². The average molecular weight is 383 g/mol. The molecular formula is C20H17NO3S2. The molecule has 0 bridgehead atoms. The lowest BCUT2D eigenvalue weighted by Gasteiger charge is -2.12. The van der Waals surface area contributed by atoms with Gasteiger partial charge in [-0.05, 0) is 29.2 Å². The third kappa shape index (κ3) is 3.71. The molecule has 6 heteroatoms. The Kier molecular flexibility index (Phi) is 5.54. The zero-order valence-corrected chi connectivity index (χ0v) is 16.0. The number of nitrogens with zero attached hydrogens (tertiary/aromatic N) is 1. The third-order valence-corrected chi connectivity index (χ3v) is 5.68.